The summed E-state index contributed by atoms with van der Waals surface area (Å²) in [5, 5.41) is 3.92. The van der Waals surface area contributed by atoms with E-state index in [0.29, 0.717) is 12.5 Å². The molecular formula is C15H21N3O2S. The summed E-state index contributed by atoms with van der Waals surface area (Å²) in [6.07, 6.45) is 3.89. The van der Waals surface area contributed by atoms with Crippen molar-refractivity contribution >= 4 is 23.2 Å². The zero-order valence-electron chi connectivity index (χ0n) is 12.6. The average Bonchev–Trinajstić information content (AvgIpc) is 3.17. The van der Waals surface area contributed by atoms with Crippen LogP contribution >= 0.6 is 11.3 Å². The van der Waals surface area contributed by atoms with Crippen molar-refractivity contribution in [3.05, 3.63) is 16.1 Å². The molecule has 0 aromatic carbocycles. The Balaban J connectivity index is 1.86. The molecule has 2 aliphatic rings. The number of carbonyl (C=O) groups is 2. The lowest BCUT2D eigenvalue weighted by Crippen LogP contribution is -2.65. The second-order valence-corrected chi connectivity index (χ2v) is 7.64. The number of carbonyl (C=O) groups excluding carboxylic acids is 2. The molecule has 2 unspecified atom stereocenters. The Kier molecular flexibility index (Phi) is 3.73. The summed E-state index contributed by atoms with van der Waals surface area (Å²) in [5.41, 5.74) is 0. The molecule has 114 valence electrons. The highest BCUT2D eigenvalue weighted by Gasteiger charge is 2.47. The number of rotatable bonds is 4. The van der Waals surface area contributed by atoms with Crippen LogP contribution in [0, 0.1) is 18.8 Å². The molecule has 2 heterocycles. The summed E-state index contributed by atoms with van der Waals surface area (Å²) < 4.78 is 0. The van der Waals surface area contributed by atoms with Gasteiger partial charge < -0.3 is 10.2 Å². The zero-order chi connectivity index (χ0) is 15.1. The highest BCUT2D eigenvalue weighted by molar-refractivity contribution is 7.11. The Morgan fingerprint density at radius 2 is 2.14 bits per heavy atom. The number of amides is 2. The van der Waals surface area contributed by atoms with Gasteiger partial charge in [0.15, 0.2) is 0 Å². The Morgan fingerprint density at radius 3 is 2.67 bits per heavy atom. The fourth-order valence-electron chi connectivity index (χ4n) is 2.99. The number of aromatic nitrogens is 1. The highest BCUT2D eigenvalue weighted by atomic mass is 32.1. The fraction of sp³-hybridized carbons (Fsp3) is 0.667. The van der Waals surface area contributed by atoms with Crippen molar-refractivity contribution in [1.29, 1.82) is 0 Å². The van der Waals surface area contributed by atoms with Crippen LogP contribution in [0.2, 0.25) is 0 Å². The molecule has 6 heteroatoms. The molecule has 1 aliphatic heterocycles. The minimum Gasteiger partial charge on any atom is -0.342 e. The number of nitrogens with zero attached hydrogens (tertiary/aromatic N) is 2. The second kappa shape index (κ2) is 5.40. The quantitative estimate of drug-likeness (QED) is 0.921. The third-order valence-corrected chi connectivity index (χ3v) is 5.07. The fourth-order valence-corrected chi connectivity index (χ4v) is 3.79. The molecule has 1 aliphatic carbocycles. The van der Waals surface area contributed by atoms with Crippen LogP contribution in [0.1, 0.15) is 36.6 Å². The standard InChI is InChI=1S/C15H21N3O2S/c1-8(2)13-14(19)17-12(10-4-5-10)15(20)18(13)7-11-6-16-9(3)21-11/h6,8,10,12-13H,4-5,7H2,1-3H3,(H,17,19). The van der Waals surface area contributed by atoms with Crippen LogP contribution in [0.25, 0.3) is 0 Å². The van der Waals surface area contributed by atoms with Crippen molar-refractivity contribution in [3.8, 4) is 0 Å². The topological polar surface area (TPSA) is 62.3 Å². The molecule has 1 aromatic heterocycles. The van der Waals surface area contributed by atoms with E-state index in [-0.39, 0.29) is 29.8 Å². The molecule has 0 radical (unpaired) electrons. The Hall–Kier alpha value is -1.43. The van der Waals surface area contributed by atoms with E-state index in [2.05, 4.69) is 10.3 Å². The Morgan fingerprint density at radius 1 is 1.43 bits per heavy atom. The summed E-state index contributed by atoms with van der Waals surface area (Å²) in [4.78, 5) is 32.2. The largest absolute Gasteiger partial charge is 0.342 e. The summed E-state index contributed by atoms with van der Waals surface area (Å²) in [7, 11) is 0. The van der Waals surface area contributed by atoms with Crippen molar-refractivity contribution in [2.24, 2.45) is 11.8 Å². The minimum atomic E-state index is -0.380. The summed E-state index contributed by atoms with van der Waals surface area (Å²) in [6, 6.07) is -0.698. The smallest absolute Gasteiger partial charge is 0.246 e. The van der Waals surface area contributed by atoms with E-state index in [0.717, 1.165) is 22.7 Å². The van der Waals surface area contributed by atoms with Gasteiger partial charge in [0.05, 0.1) is 11.6 Å². The van der Waals surface area contributed by atoms with Crippen LogP contribution in [-0.2, 0) is 16.1 Å². The molecule has 3 rings (SSSR count). The Bertz CT molecular complexity index is 565. The van der Waals surface area contributed by atoms with Gasteiger partial charge in [-0.2, -0.15) is 0 Å². The van der Waals surface area contributed by atoms with E-state index in [1.807, 2.05) is 27.0 Å². The molecule has 2 amide bonds. The molecule has 5 nitrogen and oxygen atoms in total. The van der Waals surface area contributed by atoms with Crippen LogP contribution in [0.5, 0.6) is 0 Å². The maximum absolute atomic E-state index is 12.8. The summed E-state index contributed by atoms with van der Waals surface area (Å²) in [5.74, 6) is 0.493. The van der Waals surface area contributed by atoms with Crippen molar-refractivity contribution in [1.82, 2.24) is 15.2 Å². The lowest BCUT2D eigenvalue weighted by Gasteiger charge is -2.40. The molecule has 1 N–H and O–H groups in total. The molecular weight excluding hydrogens is 286 g/mol. The highest BCUT2D eigenvalue weighted by Crippen LogP contribution is 2.36. The van der Waals surface area contributed by atoms with Gasteiger partial charge in [-0.1, -0.05) is 13.8 Å². The zero-order valence-corrected chi connectivity index (χ0v) is 13.4. The van der Waals surface area contributed by atoms with Crippen molar-refractivity contribution in [2.75, 3.05) is 0 Å². The van der Waals surface area contributed by atoms with Gasteiger partial charge in [0.2, 0.25) is 11.8 Å². The molecule has 2 fully saturated rings. The number of aryl methyl sites for hydroxylation is 1. The predicted octanol–water partition coefficient (Wildman–Crippen LogP) is 1.71. The van der Waals surface area contributed by atoms with Crippen LogP contribution in [0.15, 0.2) is 6.20 Å². The van der Waals surface area contributed by atoms with Crippen LogP contribution in [0.4, 0.5) is 0 Å². The lowest BCUT2D eigenvalue weighted by molar-refractivity contribution is -0.152. The molecule has 0 spiro atoms. The molecule has 0 bridgehead atoms. The first kappa shape index (κ1) is 14.5. The van der Waals surface area contributed by atoms with E-state index in [4.69, 9.17) is 0 Å². The van der Waals surface area contributed by atoms with E-state index in [9.17, 15) is 9.59 Å². The van der Waals surface area contributed by atoms with Gasteiger partial charge in [0.1, 0.15) is 12.1 Å². The van der Waals surface area contributed by atoms with Gasteiger partial charge >= 0.3 is 0 Å². The van der Waals surface area contributed by atoms with Gasteiger partial charge in [0.25, 0.3) is 0 Å². The van der Waals surface area contributed by atoms with Gasteiger partial charge in [-0.3, -0.25) is 9.59 Å². The van der Waals surface area contributed by atoms with E-state index in [1.54, 1.807) is 16.2 Å². The van der Waals surface area contributed by atoms with Crippen molar-refractivity contribution in [2.45, 2.75) is 52.2 Å². The summed E-state index contributed by atoms with van der Waals surface area (Å²) in [6.45, 7) is 6.41. The van der Waals surface area contributed by atoms with E-state index in [1.165, 1.54) is 0 Å². The average molecular weight is 307 g/mol. The second-order valence-electron chi connectivity index (χ2n) is 6.32. The van der Waals surface area contributed by atoms with Gasteiger partial charge in [-0.05, 0) is 31.6 Å². The monoisotopic (exact) mass is 307 g/mol. The predicted molar refractivity (Wildman–Crippen MR) is 80.7 cm³/mol. The first-order valence-corrected chi connectivity index (χ1v) is 8.31. The van der Waals surface area contributed by atoms with E-state index >= 15 is 0 Å². The van der Waals surface area contributed by atoms with Crippen molar-refractivity contribution in [3.63, 3.8) is 0 Å². The normalized spacial score (nSPS) is 26.4. The van der Waals surface area contributed by atoms with Crippen LogP contribution < -0.4 is 5.32 Å². The lowest BCUT2D eigenvalue weighted by atomic mass is 9.95. The molecule has 2 atom stereocenters. The number of hydrogen-bond donors (Lipinski definition) is 1. The number of hydrogen-bond acceptors (Lipinski definition) is 4. The molecule has 1 saturated heterocycles. The number of nitrogens with one attached hydrogen (secondary N) is 1. The van der Waals surface area contributed by atoms with Crippen LogP contribution in [0.3, 0.4) is 0 Å². The maximum Gasteiger partial charge on any atom is 0.246 e. The van der Waals surface area contributed by atoms with Gasteiger partial charge in [-0.15, -0.1) is 11.3 Å². The minimum absolute atomic E-state index is 0.0114. The maximum atomic E-state index is 12.8. The summed E-state index contributed by atoms with van der Waals surface area (Å²) >= 11 is 1.59. The first-order valence-electron chi connectivity index (χ1n) is 7.49. The van der Waals surface area contributed by atoms with Crippen molar-refractivity contribution < 1.29 is 9.59 Å². The van der Waals surface area contributed by atoms with Gasteiger partial charge in [0, 0.05) is 11.1 Å². The Labute approximate surface area is 128 Å². The molecule has 1 saturated carbocycles. The first-order chi connectivity index (χ1) is 9.97. The molecule has 21 heavy (non-hydrogen) atoms. The number of thiazole rings is 1. The van der Waals surface area contributed by atoms with Crippen LogP contribution in [-0.4, -0.2) is 33.8 Å². The van der Waals surface area contributed by atoms with E-state index < -0.39 is 0 Å². The third-order valence-electron chi connectivity index (χ3n) is 4.17. The molecule has 1 aromatic rings. The van der Waals surface area contributed by atoms with Gasteiger partial charge in [-0.25, -0.2) is 4.98 Å². The number of piperazine rings is 1. The SMILES string of the molecule is Cc1ncc(CN2C(=O)C(C3CC3)NC(=O)C2C(C)C)s1. The third kappa shape index (κ3) is 2.81.